The molecule has 0 radical (unpaired) electrons. The van der Waals surface area contributed by atoms with E-state index in [2.05, 4.69) is 36.3 Å². The third kappa shape index (κ3) is 5.56. The lowest BCUT2D eigenvalue weighted by atomic mass is 10.0. The molecular formula is C18H22BrN5O4. The van der Waals surface area contributed by atoms with E-state index in [9.17, 15) is 14.4 Å². The Balaban J connectivity index is 2.01. The van der Waals surface area contributed by atoms with Crippen LogP contribution in [0.15, 0.2) is 29.0 Å². The molecule has 0 aliphatic rings. The van der Waals surface area contributed by atoms with E-state index >= 15 is 0 Å². The van der Waals surface area contributed by atoms with Crippen LogP contribution in [0.2, 0.25) is 0 Å². The van der Waals surface area contributed by atoms with E-state index in [1.54, 1.807) is 36.0 Å². The number of nitrogens with one attached hydrogen (secondary N) is 2. The Bertz CT molecular complexity index is 881. The van der Waals surface area contributed by atoms with Crippen molar-refractivity contribution >= 4 is 39.5 Å². The first-order valence-corrected chi connectivity index (χ1v) is 9.44. The predicted molar refractivity (Wildman–Crippen MR) is 107 cm³/mol. The van der Waals surface area contributed by atoms with Gasteiger partial charge in [0.25, 0.3) is 11.8 Å². The zero-order valence-corrected chi connectivity index (χ0v) is 17.2. The van der Waals surface area contributed by atoms with Crippen molar-refractivity contribution in [3.8, 4) is 0 Å². The van der Waals surface area contributed by atoms with Gasteiger partial charge in [-0.05, 0) is 52.5 Å². The van der Waals surface area contributed by atoms with Gasteiger partial charge < -0.3 is 25.7 Å². The summed E-state index contributed by atoms with van der Waals surface area (Å²) in [7, 11) is 1.73. The lowest BCUT2D eigenvalue weighted by Gasteiger charge is -2.12. The highest BCUT2D eigenvalue weighted by Gasteiger charge is 2.16. The maximum absolute atomic E-state index is 12.4. The highest BCUT2D eigenvalue weighted by molar-refractivity contribution is 9.10. The zero-order valence-electron chi connectivity index (χ0n) is 15.6. The number of rotatable bonds is 8. The summed E-state index contributed by atoms with van der Waals surface area (Å²) in [6, 6.07) is 5.10. The van der Waals surface area contributed by atoms with Crippen molar-refractivity contribution in [2.75, 3.05) is 18.5 Å². The summed E-state index contributed by atoms with van der Waals surface area (Å²) in [5.41, 5.74) is 6.77. The number of hydrogen-bond acceptors (Lipinski definition) is 5. The van der Waals surface area contributed by atoms with Crippen molar-refractivity contribution in [1.29, 1.82) is 0 Å². The van der Waals surface area contributed by atoms with E-state index in [0.29, 0.717) is 35.2 Å². The number of aromatic nitrogens is 2. The molecule has 2 aromatic rings. The topological polar surface area (TPSA) is 128 Å². The molecule has 0 spiro atoms. The van der Waals surface area contributed by atoms with E-state index < -0.39 is 6.09 Å². The van der Waals surface area contributed by atoms with E-state index in [0.717, 1.165) is 5.56 Å². The van der Waals surface area contributed by atoms with Gasteiger partial charge in [0.05, 0.1) is 12.8 Å². The Morgan fingerprint density at radius 2 is 2.04 bits per heavy atom. The molecule has 4 N–H and O–H groups in total. The smallest absolute Gasteiger partial charge is 0.404 e. The number of carbonyl (C=O) groups excluding carboxylic acids is 3. The first kappa shape index (κ1) is 21.4. The summed E-state index contributed by atoms with van der Waals surface area (Å²) in [6.45, 7) is 2.42. The summed E-state index contributed by atoms with van der Waals surface area (Å²) in [5, 5.41) is 5.56. The van der Waals surface area contributed by atoms with E-state index in [1.165, 1.54) is 0 Å². The van der Waals surface area contributed by atoms with Crippen LogP contribution in [0, 0.1) is 0 Å². The van der Waals surface area contributed by atoms with Crippen LogP contribution in [-0.2, 0) is 18.2 Å². The fourth-order valence-corrected chi connectivity index (χ4v) is 2.78. The second-order valence-electron chi connectivity index (χ2n) is 5.92. The highest BCUT2D eigenvalue weighted by atomic mass is 79.9. The van der Waals surface area contributed by atoms with Gasteiger partial charge in [-0.15, -0.1) is 0 Å². The number of anilines is 1. The molecule has 0 atom stereocenters. The largest absolute Gasteiger partial charge is 0.450 e. The molecule has 0 aliphatic heterocycles. The van der Waals surface area contributed by atoms with Gasteiger partial charge >= 0.3 is 6.09 Å². The lowest BCUT2D eigenvalue weighted by Crippen LogP contribution is -2.27. The van der Waals surface area contributed by atoms with Crippen molar-refractivity contribution in [2.45, 2.75) is 19.8 Å². The number of aryl methyl sites for hydroxylation is 1. The maximum Gasteiger partial charge on any atom is 0.404 e. The number of benzene rings is 1. The van der Waals surface area contributed by atoms with Gasteiger partial charge in [0.15, 0.2) is 5.82 Å². The Hall–Kier alpha value is -2.88. The molecule has 0 fully saturated rings. The summed E-state index contributed by atoms with van der Waals surface area (Å²) < 4.78 is 6.93. The second-order valence-corrected chi connectivity index (χ2v) is 6.73. The summed E-state index contributed by atoms with van der Waals surface area (Å²) in [5.74, 6) is -0.311. The number of ether oxygens (including phenoxy) is 1. The number of amides is 3. The van der Waals surface area contributed by atoms with Crippen LogP contribution >= 0.6 is 15.9 Å². The average Bonchev–Trinajstić information content (AvgIpc) is 2.99. The van der Waals surface area contributed by atoms with Gasteiger partial charge in [-0.25, -0.2) is 9.78 Å². The number of imidazole rings is 1. The number of nitrogens with zero attached hydrogens (tertiary/aromatic N) is 2. The normalized spacial score (nSPS) is 10.4. The Morgan fingerprint density at radius 1 is 1.29 bits per heavy atom. The zero-order chi connectivity index (χ0) is 20.7. The van der Waals surface area contributed by atoms with Crippen LogP contribution in [0.25, 0.3) is 0 Å². The van der Waals surface area contributed by atoms with Crippen molar-refractivity contribution < 1.29 is 19.1 Å². The van der Waals surface area contributed by atoms with Crippen LogP contribution in [0.4, 0.5) is 10.5 Å². The van der Waals surface area contributed by atoms with Crippen molar-refractivity contribution in [3.63, 3.8) is 0 Å². The SMILES string of the molecule is CCc1cc(NC(=O)c2ncc(Br)n2C)ccc1C(=O)NCCCOC(N)=O. The molecule has 0 unspecified atom stereocenters. The minimum atomic E-state index is -0.838. The molecule has 28 heavy (non-hydrogen) atoms. The lowest BCUT2D eigenvalue weighted by molar-refractivity contribution is 0.0948. The molecule has 1 aromatic heterocycles. The van der Waals surface area contributed by atoms with Gasteiger partial charge in [0.2, 0.25) is 0 Å². The molecular weight excluding hydrogens is 430 g/mol. The van der Waals surface area contributed by atoms with Gasteiger partial charge in [-0.1, -0.05) is 6.92 Å². The van der Waals surface area contributed by atoms with Crippen LogP contribution in [0.3, 0.4) is 0 Å². The Kier molecular flexibility index (Phi) is 7.56. The molecule has 1 aromatic carbocycles. The van der Waals surface area contributed by atoms with Crippen LogP contribution in [0.1, 0.15) is 39.9 Å². The molecule has 3 amide bonds. The highest BCUT2D eigenvalue weighted by Crippen LogP contribution is 2.18. The molecule has 0 aliphatic carbocycles. The van der Waals surface area contributed by atoms with Crippen molar-refractivity contribution in [3.05, 3.63) is 46.0 Å². The third-order valence-corrected chi connectivity index (χ3v) is 4.71. The predicted octanol–water partition coefficient (Wildman–Crippen LogP) is 2.21. The van der Waals surface area contributed by atoms with Gasteiger partial charge in [0, 0.05) is 24.8 Å². The van der Waals surface area contributed by atoms with Crippen molar-refractivity contribution in [1.82, 2.24) is 14.9 Å². The molecule has 0 bridgehead atoms. The molecule has 2 rings (SSSR count). The van der Waals surface area contributed by atoms with Crippen molar-refractivity contribution in [2.24, 2.45) is 12.8 Å². The molecule has 0 saturated carbocycles. The van der Waals surface area contributed by atoms with Crippen LogP contribution in [-0.4, -0.2) is 40.6 Å². The summed E-state index contributed by atoms with van der Waals surface area (Å²) >= 11 is 3.30. The van der Waals surface area contributed by atoms with E-state index in [-0.39, 0.29) is 24.2 Å². The molecule has 0 saturated heterocycles. The summed E-state index contributed by atoms with van der Waals surface area (Å²) in [4.78, 5) is 39.3. The standard InChI is InChI=1S/C18H22BrN5O4/c1-3-11-9-12(23-17(26)15-22-10-14(19)24(15)2)5-6-13(11)16(25)21-7-4-8-28-18(20)27/h5-6,9-10H,3-4,7-8H2,1-2H3,(H2,20,27)(H,21,25)(H,23,26). The number of primary amides is 1. The molecule has 1 heterocycles. The Morgan fingerprint density at radius 3 is 2.64 bits per heavy atom. The van der Waals surface area contributed by atoms with Gasteiger partial charge in [0.1, 0.15) is 4.60 Å². The minimum absolute atomic E-state index is 0.143. The van der Waals surface area contributed by atoms with Gasteiger partial charge in [-0.3, -0.25) is 9.59 Å². The number of halogens is 1. The van der Waals surface area contributed by atoms with E-state index in [4.69, 9.17) is 5.73 Å². The van der Waals surface area contributed by atoms with E-state index in [1.807, 2.05) is 6.92 Å². The molecule has 9 nitrogen and oxygen atoms in total. The van der Waals surface area contributed by atoms with Crippen LogP contribution in [0.5, 0.6) is 0 Å². The quantitative estimate of drug-likeness (QED) is 0.529. The monoisotopic (exact) mass is 451 g/mol. The maximum atomic E-state index is 12.4. The first-order valence-electron chi connectivity index (χ1n) is 8.65. The second kappa shape index (κ2) is 9.88. The number of hydrogen-bond donors (Lipinski definition) is 3. The fraction of sp³-hybridized carbons (Fsp3) is 0.333. The fourth-order valence-electron chi connectivity index (χ4n) is 2.51. The third-order valence-electron chi connectivity index (χ3n) is 3.97. The molecule has 150 valence electrons. The van der Waals surface area contributed by atoms with Gasteiger partial charge in [-0.2, -0.15) is 0 Å². The molecule has 10 heteroatoms. The van der Waals surface area contributed by atoms with Crippen LogP contribution < -0.4 is 16.4 Å². The minimum Gasteiger partial charge on any atom is -0.450 e. The number of nitrogens with two attached hydrogens (primary N) is 1. The average molecular weight is 452 g/mol. The number of carbonyl (C=O) groups is 3. The summed E-state index contributed by atoms with van der Waals surface area (Å²) in [6.07, 6.45) is 1.79. The Labute approximate surface area is 170 Å². The first-order chi connectivity index (χ1) is 13.3.